The molecule has 5 heteroatoms. The molecule has 0 fully saturated rings. The summed E-state index contributed by atoms with van der Waals surface area (Å²) in [6, 6.07) is 8.73. The van der Waals surface area contributed by atoms with E-state index in [0.29, 0.717) is 6.54 Å². The van der Waals surface area contributed by atoms with Gasteiger partial charge in [0.2, 0.25) is 0 Å². The summed E-state index contributed by atoms with van der Waals surface area (Å²) >= 11 is 3.45. The molecule has 0 saturated heterocycles. The molecule has 0 aliphatic carbocycles. The first-order valence-electron chi connectivity index (χ1n) is 7.69. The second-order valence-corrected chi connectivity index (χ2v) is 7.38. The minimum Gasteiger partial charge on any atom is -0.444 e. The summed E-state index contributed by atoms with van der Waals surface area (Å²) in [6.07, 6.45) is 0.608. The zero-order chi connectivity index (χ0) is 16.8. The van der Waals surface area contributed by atoms with Crippen LogP contribution < -0.4 is 10.6 Å². The van der Waals surface area contributed by atoms with Crippen LogP contribution in [-0.4, -0.2) is 24.3 Å². The number of carbonyl (C=O) groups is 1. The van der Waals surface area contributed by atoms with Crippen molar-refractivity contribution in [3.63, 3.8) is 0 Å². The van der Waals surface area contributed by atoms with Crippen molar-refractivity contribution in [2.24, 2.45) is 0 Å². The summed E-state index contributed by atoms with van der Waals surface area (Å²) in [4.78, 5) is 11.7. The zero-order valence-corrected chi connectivity index (χ0v) is 15.7. The maximum Gasteiger partial charge on any atom is 0.407 e. The quantitative estimate of drug-likeness (QED) is 0.779. The summed E-state index contributed by atoms with van der Waals surface area (Å²) in [6.45, 7) is 10.3. The molecule has 2 unspecified atom stereocenters. The molecule has 1 amide bonds. The number of rotatable bonds is 6. The van der Waals surface area contributed by atoms with Crippen LogP contribution in [0.5, 0.6) is 0 Å². The predicted molar refractivity (Wildman–Crippen MR) is 94.0 cm³/mol. The average Bonchev–Trinajstić information content (AvgIpc) is 2.42. The topological polar surface area (TPSA) is 50.4 Å². The molecule has 22 heavy (non-hydrogen) atoms. The fourth-order valence-corrected chi connectivity index (χ4v) is 2.36. The van der Waals surface area contributed by atoms with Gasteiger partial charge in [0.15, 0.2) is 0 Å². The smallest absolute Gasteiger partial charge is 0.407 e. The van der Waals surface area contributed by atoms with E-state index in [4.69, 9.17) is 4.74 Å². The lowest BCUT2D eigenvalue weighted by atomic mass is 10.0. The number of hydrogen-bond acceptors (Lipinski definition) is 3. The zero-order valence-electron chi connectivity index (χ0n) is 14.1. The Hall–Kier alpha value is -1.07. The molecule has 124 valence electrons. The van der Waals surface area contributed by atoms with Crippen LogP contribution in [0.25, 0.3) is 0 Å². The normalized spacial score (nSPS) is 14.3. The number of carbonyl (C=O) groups excluding carboxylic acids is 1. The molecular formula is C17H27BrN2O2. The van der Waals surface area contributed by atoms with Gasteiger partial charge in [-0.25, -0.2) is 4.79 Å². The van der Waals surface area contributed by atoms with Crippen molar-refractivity contribution in [3.05, 3.63) is 34.3 Å². The Morgan fingerprint density at radius 1 is 1.27 bits per heavy atom. The van der Waals surface area contributed by atoms with Crippen molar-refractivity contribution in [1.82, 2.24) is 10.6 Å². The lowest BCUT2D eigenvalue weighted by molar-refractivity contribution is 0.0522. The number of hydrogen-bond donors (Lipinski definition) is 2. The standard InChI is InChI=1S/C17H27BrN2O2/c1-6-15(13-7-9-14(18)10-8-13)20-12(2)11-19-16(21)22-17(3,4)5/h7-10,12,15,20H,6,11H2,1-5H3,(H,19,21). The van der Waals surface area contributed by atoms with E-state index in [1.54, 1.807) is 0 Å². The highest BCUT2D eigenvalue weighted by Crippen LogP contribution is 2.19. The van der Waals surface area contributed by atoms with Crippen LogP contribution in [0.15, 0.2) is 28.7 Å². The van der Waals surface area contributed by atoms with Gasteiger partial charge in [-0.05, 0) is 51.8 Å². The van der Waals surface area contributed by atoms with Crippen LogP contribution in [0.1, 0.15) is 52.6 Å². The Morgan fingerprint density at radius 3 is 2.36 bits per heavy atom. The fourth-order valence-electron chi connectivity index (χ4n) is 2.10. The highest BCUT2D eigenvalue weighted by Gasteiger charge is 2.17. The molecule has 1 rings (SSSR count). The van der Waals surface area contributed by atoms with Gasteiger partial charge in [-0.3, -0.25) is 0 Å². The largest absolute Gasteiger partial charge is 0.444 e. The van der Waals surface area contributed by atoms with Gasteiger partial charge in [0.05, 0.1) is 0 Å². The third kappa shape index (κ3) is 7.27. The van der Waals surface area contributed by atoms with E-state index >= 15 is 0 Å². The number of ether oxygens (including phenoxy) is 1. The van der Waals surface area contributed by atoms with Crippen LogP contribution >= 0.6 is 15.9 Å². The lowest BCUT2D eigenvalue weighted by Gasteiger charge is -2.24. The van der Waals surface area contributed by atoms with Crippen LogP contribution in [-0.2, 0) is 4.74 Å². The lowest BCUT2D eigenvalue weighted by Crippen LogP contribution is -2.42. The number of nitrogens with one attached hydrogen (secondary N) is 2. The Bertz CT molecular complexity index is 469. The molecular weight excluding hydrogens is 344 g/mol. The fraction of sp³-hybridized carbons (Fsp3) is 0.588. The molecule has 2 N–H and O–H groups in total. The average molecular weight is 371 g/mol. The molecule has 1 aromatic carbocycles. The van der Waals surface area contributed by atoms with Crippen LogP contribution in [0.3, 0.4) is 0 Å². The summed E-state index contributed by atoms with van der Waals surface area (Å²) in [5, 5.41) is 6.33. The van der Waals surface area contributed by atoms with Gasteiger partial charge in [0.25, 0.3) is 0 Å². The van der Waals surface area contributed by atoms with E-state index in [0.717, 1.165) is 10.9 Å². The van der Waals surface area contributed by atoms with Gasteiger partial charge in [0.1, 0.15) is 5.60 Å². The van der Waals surface area contributed by atoms with Gasteiger partial charge in [-0.1, -0.05) is 35.0 Å². The molecule has 0 aliphatic rings. The third-order valence-electron chi connectivity index (χ3n) is 3.12. The van der Waals surface area contributed by atoms with E-state index in [-0.39, 0.29) is 18.2 Å². The van der Waals surface area contributed by atoms with E-state index in [1.807, 2.05) is 32.9 Å². The Morgan fingerprint density at radius 2 is 1.86 bits per heavy atom. The second kappa shape index (κ2) is 8.53. The van der Waals surface area contributed by atoms with E-state index in [9.17, 15) is 4.79 Å². The van der Waals surface area contributed by atoms with Gasteiger partial charge in [-0.2, -0.15) is 0 Å². The van der Waals surface area contributed by atoms with E-state index in [1.165, 1.54) is 5.56 Å². The van der Waals surface area contributed by atoms with Crippen molar-refractivity contribution in [2.45, 2.75) is 58.7 Å². The van der Waals surface area contributed by atoms with E-state index in [2.05, 4.69) is 52.5 Å². The van der Waals surface area contributed by atoms with Crippen molar-refractivity contribution in [1.29, 1.82) is 0 Å². The van der Waals surface area contributed by atoms with Crippen LogP contribution in [0.2, 0.25) is 0 Å². The predicted octanol–water partition coefficient (Wildman–Crippen LogP) is 4.40. The monoisotopic (exact) mass is 370 g/mol. The molecule has 0 aromatic heterocycles. The van der Waals surface area contributed by atoms with Gasteiger partial charge in [-0.15, -0.1) is 0 Å². The van der Waals surface area contributed by atoms with E-state index < -0.39 is 5.60 Å². The van der Waals surface area contributed by atoms with Gasteiger partial charge in [0, 0.05) is 23.1 Å². The summed E-state index contributed by atoms with van der Waals surface area (Å²) < 4.78 is 6.31. The van der Waals surface area contributed by atoms with Crippen molar-refractivity contribution in [2.75, 3.05) is 6.54 Å². The molecule has 0 radical (unpaired) electrons. The van der Waals surface area contributed by atoms with Crippen molar-refractivity contribution >= 4 is 22.0 Å². The summed E-state index contributed by atoms with van der Waals surface area (Å²) in [5.41, 5.74) is 0.777. The number of benzene rings is 1. The third-order valence-corrected chi connectivity index (χ3v) is 3.65. The summed E-state index contributed by atoms with van der Waals surface area (Å²) in [5.74, 6) is 0. The molecule has 0 heterocycles. The minimum atomic E-state index is -0.468. The Balaban J connectivity index is 2.47. The number of halogens is 1. The molecule has 1 aromatic rings. The number of amides is 1. The first-order chi connectivity index (χ1) is 10.2. The highest BCUT2D eigenvalue weighted by atomic mass is 79.9. The van der Waals surface area contributed by atoms with Gasteiger partial charge < -0.3 is 15.4 Å². The second-order valence-electron chi connectivity index (χ2n) is 6.46. The highest BCUT2D eigenvalue weighted by molar-refractivity contribution is 9.10. The van der Waals surface area contributed by atoms with Crippen molar-refractivity contribution in [3.8, 4) is 0 Å². The maximum absolute atomic E-state index is 11.7. The molecule has 0 saturated carbocycles. The maximum atomic E-state index is 11.7. The van der Waals surface area contributed by atoms with Crippen LogP contribution in [0.4, 0.5) is 4.79 Å². The van der Waals surface area contributed by atoms with Crippen LogP contribution in [0, 0.1) is 0 Å². The van der Waals surface area contributed by atoms with Crippen molar-refractivity contribution < 1.29 is 9.53 Å². The first kappa shape index (κ1) is 19.0. The molecule has 0 aliphatic heterocycles. The number of alkyl carbamates (subject to hydrolysis) is 1. The minimum absolute atomic E-state index is 0.154. The molecule has 0 spiro atoms. The Kier molecular flexibility index (Phi) is 7.36. The molecule has 0 bridgehead atoms. The first-order valence-corrected chi connectivity index (χ1v) is 8.49. The molecule has 4 nitrogen and oxygen atoms in total. The summed E-state index contributed by atoms with van der Waals surface area (Å²) in [7, 11) is 0. The Labute approximate surface area is 142 Å². The SMILES string of the molecule is CCC(NC(C)CNC(=O)OC(C)(C)C)c1ccc(Br)cc1. The van der Waals surface area contributed by atoms with Gasteiger partial charge >= 0.3 is 6.09 Å². The molecule has 2 atom stereocenters.